The summed E-state index contributed by atoms with van der Waals surface area (Å²) in [6.07, 6.45) is 2.81. The van der Waals surface area contributed by atoms with E-state index in [1.165, 1.54) is 5.38 Å². The molecule has 0 atom stereocenters. The van der Waals surface area contributed by atoms with Gasteiger partial charge in [0.2, 0.25) is 0 Å². The maximum atomic E-state index is 11.6. The van der Waals surface area contributed by atoms with Gasteiger partial charge >= 0.3 is 5.97 Å². The molecule has 2 N–H and O–H groups in total. The minimum Gasteiger partial charge on any atom is -0.476 e. The minimum atomic E-state index is -1.12. The van der Waals surface area contributed by atoms with E-state index in [-0.39, 0.29) is 16.6 Å². The molecule has 1 heterocycles. The first-order valence-electron chi connectivity index (χ1n) is 5.61. The molecule has 1 aromatic heterocycles. The highest BCUT2D eigenvalue weighted by molar-refractivity contribution is 7.11. The van der Waals surface area contributed by atoms with Crippen molar-refractivity contribution in [3.05, 3.63) is 16.1 Å². The summed E-state index contributed by atoms with van der Waals surface area (Å²) in [7, 11) is 1.66. The number of carbonyl (C=O) groups excluding carboxylic acids is 1. The first kappa shape index (κ1) is 14.6. The molecule has 1 rings (SSSR count). The number of aromatic carboxylic acids is 1. The number of unbranched alkanes of at least 4 members (excludes halogenated alkanes) is 2. The van der Waals surface area contributed by atoms with Crippen molar-refractivity contribution in [1.29, 1.82) is 0 Å². The summed E-state index contributed by atoms with van der Waals surface area (Å²) >= 11 is 1.03. The average Bonchev–Trinajstić information content (AvgIpc) is 2.83. The highest BCUT2D eigenvalue weighted by Crippen LogP contribution is 2.09. The van der Waals surface area contributed by atoms with Crippen molar-refractivity contribution in [2.24, 2.45) is 0 Å². The Hall–Kier alpha value is -1.47. The Morgan fingerprint density at radius 2 is 2.22 bits per heavy atom. The van der Waals surface area contributed by atoms with Crippen molar-refractivity contribution in [3.8, 4) is 0 Å². The number of thiazole rings is 1. The Morgan fingerprint density at radius 1 is 1.44 bits per heavy atom. The zero-order chi connectivity index (χ0) is 13.4. The van der Waals surface area contributed by atoms with Gasteiger partial charge in [-0.25, -0.2) is 9.78 Å². The van der Waals surface area contributed by atoms with Gasteiger partial charge in [-0.2, -0.15) is 0 Å². The second kappa shape index (κ2) is 7.78. The fraction of sp³-hybridized carbons (Fsp3) is 0.545. The summed E-state index contributed by atoms with van der Waals surface area (Å²) in [5.74, 6) is -1.44. The van der Waals surface area contributed by atoms with Crippen LogP contribution < -0.4 is 5.32 Å². The van der Waals surface area contributed by atoms with Crippen LogP contribution in [0.15, 0.2) is 5.38 Å². The monoisotopic (exact) mass is 272 g/mol. The van der Waals surface area contributed by atoms with Gasteiger partial charge in [0, 0.05) is 25.6 Å². The molecule has 6 nitrogen and oxygen atoms in total. The highest BCUT2D eigenvalue weighted by atomic mass is 32.1. The zero-order valence-corrected chi connectivity index (χ0v) is 11.0. The summed E-state index contributed by atoms with van der Waals surface area (Å²) < 4.78 is 4.91. The molecule has 0 saturated carbocycles. The Morgan fingerprint density at radius 3 is 2.83 bits per heavy atom. The van der Waals surface area contributed by atoms with Crippen molar-refractivity contribution in [3.63, 3.8) is 0 Å². The van der Waals surface area contributed by atoms with Crippen LogP contribution >= 0.6 is 11.3 Å². The number of nitrogens with zero attached hydrogens (tertiary/aromatic N) is 1. The van der Waals surface area contributed by atoms with Crippen LogP contribution in [0.5, 0.6) is 0 Å². The number of hydrogen-bond donors (Lipinski definition) is 2. The molecule has 0 saturated heterocycles. The third kappa shape index (κ3) is 4.80. The van der Waals surface area contributed by atoms with Gasteiger partial charge in [-0.3, -0.25) is 4.79 Å². The van der Waals surface area contributed by atoms with E-state index in [1.807, 2.05) is 0 Å². The van der Waals surface area contributed by atoms with E-state index >= 15 is 0 Å². The van der Waals surface area contributed by atoms with E-state index < -0.39 is 5.97 Å². The van der Waals surface area contributed by atoms with Crippen molar-refractivity contribution in [2.45, 2.75) is 19.3 Å². The maximum absolute atomic E-state index is 11.6. The predicted molar refractivity (Wildman–Crippen MR) is 67.1 cm³/mol. The van der Waals surface area contributed by atoms with Gasteiger partial charge in [-0.1, -0.05) is 0 Å². The lowest BCUT2D eigenvalue weighted by Gasteiger charge is -2.02. The molecule has 0 unspecified atom stereocenters. The van der Waals surface area contributed by atoms with Gasteiger partial charge in [-0.15, -0.1) is 11.3 Å². The van der Waals surface area contributed by atoms with Gasteiger partial charge in [-0.05, 0) is 19.3 Å². The Bertz CT molecular complexity index is 406. The summed E-state index contributed by atoms with van der Waals surface area (Å²) in [6.45, 7) is 1.28. The van der Waals surface area contributed by atoms with Crippen LogP contribution in [-0.4, -0.2) is 42.2 Å². The number of ether oxygens (including phenoxy) is 1. The molecule has 100 valence electrons. The Kier molecular flexibility index (Phi) is 6.31. The van der Waals surface area contributed by atoms with Gasteiger partial charge < -0.3 is 15.2 Å². The molecule has 0 spiro atoms. The summed E-state index contributed by atoms with van der Waals surface area (Å²) in [5, 5.41) is 12.9. The van der Waals surface area contributed by atoms with E-state index in [0.717, 1.165) is 37.2 Å². The van der Waals surface area contributed by atoms with E-state index in [9.17, 15) is 9.59 Å². The second-order valence-electron chi connectivity index (χ2n) is 3.65. The van der Waals surface area contributed by atoms with Gasteiger partial charge in [0.25, 0.3) is 5.91 Å². The van der Waals surface area contributed by atoms with Crippen LogP contribution in [0.3, 0.4) is 0 Å². The molecule has 0 aliphatic heterocycles. The summed E-state index contributed by atoms with van der Waals surface area (Å²) in [5.41, 5.74) is -0.0924. The van der Waals surface area contributed by atoms with E-state index in [1.54, 1.807) is 7.11 Å². The maximum Gasteiger partial charge on any atom is 0.355 e. The molecule has 1 aromatic rings. The zero-order valence-electron chi connectivity index (χ0n) is 10.1. The molecule has 0 aliphatic rings. The number of aromatic nitrogens is 1. The number of amides is 1. The van der Waals surface area contributed by atoms with Crippen LogP contribution in [0.2, 0.25) is 0 Å². The fourth-order valence-corrected chi connectivity index (χ4v) is 2.01. The smallest absolute Gasteiger partial charge is 0.355 e. The van der Waals surface area contributed by atoms with Crippen LogP contribution in [-0.2, 0) is 4.74 Å². The fourth-order valence-electron chi connectivity index (χ4n) is 1.30. The first-order valence-corrected chi connectivity index (χ1v) is 6.49. The predicted octanol–water partition coefficient (Wildman–Crippen LogP) is 1.39. The van der Waals surface area contributed by atoms with Crippen LogP contribution in [0.1, 0.15) is 39.6 Å². The quantitative estimate of drug-likeness (QED) is 0.698. The lowest BCUT2D eigenvalue weighted by molar-refractivity contribution is 0.0691. The third-order valence-corrected chi connectivity index (χ3v) is 3.07. The molecule has 0 aromatic carbocycles. The molecule has 18 heavy (non-hydrogen) atoms. The minimum absolute atomic E-state index is 0.0924. The van der Waals surface area contributed by atoms with Crippen LogP contribution in [0, 0.1) is 0 Å². The molecular weight excluding hydrogens is 256 g/mol. The van der Waals surface area contributed by atoms with Gasteiger partial charge in [0.15, 0.2) is 10.7 Å². The summed E-state index contributed by atoms with van der Waals surface area (Å²) in [4.78, 5) is 25.9. The molecule has 0 aliphatic carbocycles. The highest BCUT2D eigenvalue weighted by Gasteiger charge is 2.13. The second-order valence-corrected chi connectivity index (χ2v) is 4.51. The first-order chi connectivity index (χ1) is 8.65. The van der Waals surface area contributed by atoms with Crippen molar-refractivity contribution in [1.82, 2.24) is 10.3 Å². The number of methoxy groups -OCH3 is 1. The number of rotatable bonds is 8. The standard InChI is InChI=1S/C11H16N2O4S/c1-17-6-4-2-3-5-12-9(14)10-13-8(7-18-10)11(15)16/h7H,2-6H2,1H3,(H,12,14)(H,15,16). The topological polar surface area (TPSA) is 88.5 Å². The van der Waals surface area contributed by atoms with Crippen molar-refractivity contribution in [2.75, 3.05) is 20.3 Å². The Balaban J connectivity index is 2.25. The number of carboxylic acids is 1. The number of hydrogen-bond acceptors (Lipinski definition) is 5. The van der Waals surface area contributed by atoms with Gasteiger partial charge in [0.05, 0.1) is 0 Å². The average molecular weight is 272 g/mol. The molecule has 0 radical (unpaired) electrons. The molecule has 7 heteroatoms. The summed E-state index contributed by atoms with van der Waals surface area (Å²) in [6, 6.07) is 0. The largest absolute Gasteiger partial charge is 0.476 e. The Labute approximate surface area is 109 Å². The number of nitrogens with one attached hydrogen (secondary N) is 1. The van der Waals surface area contributed by atoms with E-state index in [0.29, 0.717) is 6.54 Å². The number of carbonyl (C=O) groups is 2. The molecular formula is C11H16N2O4S. The van der Waals surface area contributed by atoms with Gasteiger partial charge in [0.1, 0.15) is 0 Å². The van der Waals surface area contributed by atoms with Crippen molar-refractivity contribution < 1.29 is 19.4 Å². The lowest BCUT2D eigenvalue weighted by atomic mass is 10.2. The van der Waals surface area contributed by atoms with Crippen molar-refractivity contribution >= 4 is 23.2 Å². The normalized spacial score (nSPS) is 10.3. The number of carboxylic acid groups (broad SMARTS) is 1. The molecule has 1 amide bonds. The van der Waals surface area contributed by atoms with E-state index in [4.69, 9.17) is 9.84 Å². The third-order valence-electron chi connectivity index (χ3n) is 2.23. The lowest BCUT2D eigenvalue weighted by Crippen LogP contribution is -2.24. The van der Waals surface area contributed by atoms with Crippen LogP contribution in [0.4, 0.5) is 0 Å². The molecule has 0 bridgehead atoms. The van der Waals surface area contributed by atoms with Crippen LogP contribution in [0.25, 0.3) is 0 Å². The molecule has 0 fully saturated rings. The van der Waals surface area contributed by atoms with E-state index in [2.05, 4.69) is 10.3 Å². The SMILES string of the molecule is COCCCCCNC(=O)c1nc(C(=O)O)cs1.